The Morgan fingerprint density at radius 3 is 2.13 bits per heavy atom. The molecule has 0 saturated heterocycles. The minimum absolute atomic E-state index is 0.0598. The molecule has 1 aliphatic rings. The van der Waals surface area contributed by atoms with E-state index in [9.17, 15) is 29.6 Å². The number of rotatable bonds is 3. The number of nitro benzene ring substituents is 1. The fourth-order valence-electron chi connectivity index (χ4n) is 2.32. The molecule has 0 unspecified atom stereocenters. The molecule has 1 aliphatic heterocycles. The SMILES string of the molecule is O=C([O-])c1ccc(N2C(=O)c3ccc([N+](=O)[O-])cc3C2=O)cc1. The smallest absolute Gasteiger partial charge is 0.270 e. The second-order valence-electron chi connectivity index (χ2n) is 4.77. The monoisotopic (exact) mass is 311 g/mol. The summed E-state index contributed by atoms with van der Waals surface area (Å²) in [5.74, 6) is -2.70. The lowest BCUT2D eigenvalue weighted by Gasteiger charge is -2.14. The first kappa shape index (κ1) is 14.4. The van der Waals surface area contributed by atoms with Crippen LogP contribution in [0.1, 0.15) is 31.1 Å². The maximum Gasteiger partial charge on any atom is 0.270 e. The zero-order valence-corrected chi connectivity index (χ0v) is 11.4. The molecule has 0 bridgehead atoms. The third kappa shape index (κ3) is 2.22. The van der Waals surface area contributed by atoms with E-state index >= 15 is 0 Å². The van der Waals surface area contributed by atoms with Crippen molar-refractivity contribution in [3.05, 3.63) is 69.3 Å². The van der Waals surface area contributed by atoms with Gasteiger partial charge in [-0.2, -0.15) is 0 Å². The van der Waals surface area contributed by atoms with Gasteiger partial charge in [0.25, 0.3) is 17.5 Å². The number of carboxylic acids is 1. The molecule has 1 heterocycles. The minimum Gasteiger partial charge on any atom is -0.545 e. The zero-order valence-electron chi connectivity index (χ0n) is 11.4. The number of hydrogen-bond donors (Lipinski definition) is 0. The van der Waals surface area contributed by atoms with Gasteiger partial charge >= 0.3 is 0 Å². The fraction of sp³-hybridized carbons (Fsp3) is 0. The third-order valence-electron chi connectivity index (χ3n) is 3.44. The van der Waals surface area contributed by atoms with Crippen LogP contribution >= 0.6 is 0 Å². The van der Waals surface area contributed by atoms with Crippen molar-refractivity contribution in [1.82, 2.24) is 0 Å². The topological polar surface area (TPSA) is 121 Å². The lowest BCUT2D eigenvalue weighted by atomic mass is 10.1. The van der Waals surface area contributed by atoms with Crippen LogP contribution in [-0.4, -0.2) is 22.7 Å². The number of aromatic carboxylic acids is 1. The first-order chi connectivity index (χ1) is 10.9. The summed E-state index contributed by atoms with van der Waals surface area (Å²) < 4.78 is 0. The van der Waals surface area contributed by atoms with E-state index in [1.165, 1.54) is 30.3 Å². The largest absolute Gasteiger partial charge is 0.545 e. The van der Waals surface area contributed by atoms with Gasteiger partial charge in [0.05, 0.1) is 27.7 Å². The molecule has 0 spiro atoms. The number of carbonyl (C=O) groups is 3. The quantitative estimate of drug-likeness (QED) is 0.468. The van der Waals surface area contributed by atoms with Crippen LogP contribution < -0.4 is 10.0 Å². The Labute approximate surface area is 128 Å². The number of fused-ring (bicyclic) bond motifs is 1. The average molecular weight is 311 g/mol. The molecule has 0 aromatic heterocycles. The van der Waals surface area contributed by atoms with Gasteiger partial charge in [-0.25, -0.2) is 4.90 Å². The van der Waals surface area contributed by atoms with Crippen LogP contribution in [0.2, 0.25) is 0 Å². The molecule has 0 radical (unpaired) electrons. The summed E-state index contributed by atoms with van der Waals surface area (Å²) in [4.78, 5) is 46.3. The molecule has 114 valence electrons. The number of anilines is 1. The van der Waals surface area contributed by atoms with Crippen LogP contribution in [0.3, 0.4) is 0 Å². The Kier molecular flexibility index (Phi) is 3.14. The Morgan fingerprint density at radius 2 is 1.57 bits per heavy atom. The van der Waals surface area contributed by atoms with E-state index in [1.54, 1.807) is 0 Å². The van der Waals surface area contributed by atoms with Crippen LogP contribution in [0.15, 0.2) is 42.5 Å². The van der Waals surface area contributed by atoms with E-state index in [0.717, 1.165) is 17.0 Å². The normalized spacial score (nSPS) is 13.1. The Bertz CT molecular complexity index is 872. The number of benzene rings is 2. The maximum absolute atomic E-state index is 12.4. The highest BCUT2D eigenvalue weighted by Gasteiger charge is 2.37. The second kappa shape index (κ2) is 5.02. The van der Waals surface area contributed by atoms with Crippen LogP contribution in [0.25, 0.3) is 0 Å². The molecule has 23 heavy (non-hydrogen) atoms. The van der Waals surface area contributed by atoms with Crippen LogP contribution in [0, 0.1) is 10.1 Å². The first-order valence-corrected chi connectivity index (χ1v) is 6.39. The molecule has 2 aromatic carbocycles. The fourth-order valence-corrected chi connectivity index (χ4v) is 2.32. The molecule has 8 nitrogen and oxygen atoms in total. The van der Waals surface area contributed by atoms with Gasteiger partial charge in [0, 0.05) is 12.1 Å². The summed E-state index contributed by atoms with van der Waals surface area (Å²) in [6.07, 6.45) is 0. The van der Waals surface area contributed by atoms with Crippen LogP contribution in [-0.2, 0) is 0 Å². The van der Waals surface area contributed by atoms with Crippen LogP contribution in [0.5, 0.6) is 0 Å². The molecule has 0 saturated carbocycles. The highest BCUT2D eigenvalue weighted by molar-refractivity contribution is 6.34. The Morgan fingerprint density at radius 1 is 0.957 bits per heavy atom. The Hall–Kier alpha value is -3.55. The number of non-ortho nitro benzene ring substituents is 1. The summed E-state index contributed by atoms with van der Waals surface area (Å²) in [7, 11) is 0. The lowest BCUT2D eigenvalue weighted by Crippen LogP contribution is -2.29. The summed E-state index contributed by atoms with van der Waals surface area (Å²) in [5, 5.41) is 21.5. The van der Waals surface area contributed by atoms with Gasteiger partial charge in [-0.05, 0) is 23.8 Å². The number of amides is 2. The second-order valence-corrected chi connectivity index (χ2v) is 4.77. The van der Waals surface area contributed by atoms with Crippen LogP contribution in [0.4, 0.5) is 11.4 Å². The number of carbonyl (C=O) groups excluding carboxylic acids is 3. The van der Waals surface area contributed by atoms with Gasteiger partial charge in [-0.3, -0.25) is 19.7 Å². The summed E-state index contributed by atoms with van der Waals surface area (Å²) in [5.41, 5.74) is -0.221. The summed E-state index contributed by atoms with van der Waals surface area (Å²) >= 11 is 0. The molecule has 0 fully saturated rings. The highest BCUT2D eigenvalue weighted by Crippen LogP contribution is 2.30. The first-order valence-electron chi connectivity index (χ1n) is 6.39. The number of nitro groups is 1. The summed E-state index contributed by atoms with van der Waals surface area (Å²) in [6.45, 7) is 0. The molecule has 8 heteroatoms. The summed E-state index contributed by atoms with van der Waals surface area (Å²) in [6, 6.07) is 8.41. The van der Waals surface area contributed by atoms with E-state index in [4.69, 9.17) is 0 Å². The maximum atomic E-state index is 12.4. The van der Waals surface area contributed by atoms with Crippen molar-refractivity contribution >= 4 is 29.2 Å². The van der Waals surface area contributed by atoms with Crippen molar-refractivity contribution < 1.29 is 24.4 Å². The minimum atomic E-state index is -1.38. The van der Waals surface area contributed by atoms with Crippen molar-refractivity contribution in [3.63, 3.8) is 0 Å². The van der Waals surface area contributed by atoms with Crippen molar-refractivity contribution in [2.24, 2.45) is 0 Å². The molecule has 0 aliphatic carbocycles. The molecule has 2 aromatic rings. The highest BCUT2D eigenvalue weighted by atomic mass is 16.6. The van der Waals surface area contributed by atoms with Crippen molar-refractivity contribution in [3.8, 4) is 0 Å². The van der Waals surface area contributed by atoms with Gasteiger partial charge < -0.3 is 9.90 Å². The molecule has 0 N–H and O–H groups in total. The lowest BCUT2D eigenvalue weighted by molar-refractivity contribution is -0.384. The van der Waals surface area contributed by atoms with Gasteiger partial charge in [0.15, 0.2) is 0 Å². The molecule has 3 rings (SSSR count). The van der Waals surface area contributed by atoms with Gasteiger partial charge in [0.1, 0.15) is 0 Å². The predicted molar refractivity (Wildman–Crippen MR) is 75.0 cm³/mol. The third-order valence-corrected chi connectivity index (χ3v) is 3.44. The number of hydrogen-bond acceptors (Lipinski definition) is 6. The standard InChI is InChI=1S/C15H8N2O6/c18-13-11-6-5-10(17(22)23)7-12(11)14(19)16(13)9-3-1-8(2-4-9)15(20)21/h1-7H,(H,20,21)/p-1. The molecular weight excluding hydrogens is 304 g/mol. The zero-order chi connectivity index (χ0) is 16.7. The van der Waals surface area contributed by atoms with Gasteiger partial charge in [-0.1, -0.05) is 12.1 Å². The average Bonchev–Trinajstić information content (AvgIpc) is 2.78. The van der Waals surface area contributed by atoms with E-state index in [-0.39, 0.29) is 28.1 Å². The number of imide groups is 1. The van der Waals surface area contributed by atoms with E-state index < -0.39 is 22.7 Å². The molecule has 0 atom stereocenters. The number of carboxylic acid groups (broad SMARTS) is 1. The van der Waals surface area contributed by atoms with Gasteiger partial charge in [-0.15, -0.1) is 0 Å². The van der Waals surface area contributed by atoms with Crippen molar-refractivity contribution in [2.75, 3.05) is 4.90 Å². The van der Waals surface area contributed by atoms with E-state index in [2.05, 4.69) is 0 Å². The van der Waals surface area contributed by atoms with E-state index in [0.29, 0.717) is 0 Å². The van der Waals surface area contributed by atoms with E-state index in [1.807, 2.05) is 0 Å². The molecule has 2 amide bonds. The predicted octanol–water partition coefficient (Wildman–Crippen LogP) is 0.759. The number of nitrogens with zero attached hydrogens (tertiary/aromatic N) is 2. The molecular formula is C15H7N2O6-. The van der Waals surface area contributed by atoms with Crippen molar-refractivity contribution in [1.29, 1.82) is 0 Å². The van der Waals surface area contributed by atoms with Crippen molar-refractivity contribution in [2.45, 2.75) is 0 Å². The van der Waals surface area contributed by atoms with Gasteiger partial charge in [0.2, 0.25) is 0 Å². The Balaban J connectivity index is 2.02.